The van der Waals surface area contributed by atoms with Crippen LogP contribution in [0.25, 0.3) is 5.78 Å². The van der Waals surface area contributed by atoms with Crippen molar-refractivity contribution < 1.29 is 36.2 Å². The van der Waals surface area contributed by atoms with E-state index in [1.54, 1.807) is 17.2 Å². The highest BCUT2D eigenvalue weighted by atomic mass is 32.2. The van der Waals surface area contributed by atoms with Gasteiger partial charge in [-0.05, 0) is 30.3 Å². The summed E-state index contributed by atoms with van der Waals surface area (Å²) in [6.45, 7) is -0.240. The van der Waals surface area contributed by atoms with Crippen molar-refractivity contribution in [2.45, 2.75) is 17.3 Å². The Balaban J connectivity index is 1.57. The summed E-state index contributed by atoms with van der Waals surface area (Å²) in [6.07, 6.45) is -2.02. The molecule has 3 aromatic rings. The molecule has 0 saturated carbocycles. The third-order valence-electron chi connectivity index (χ3n) is 4.74. The van der Waals surface area contributed by atoms with E-state index in [1.165, 1.54) is 10.8 Å². The average Bonchev–Trinajstić information content (AvgIpc) is 3.20. The number of carbonyl (C=O) groups is 1. The minimum atomic E-state index is -4.92. The molecule has 1 N–H and O–H groups in total. The second-order valence-corrected chi connectivity index (χ2v) is 8.62. The maximum Gasteiger partial charge on any atom is 0.573 e. The quantitative estimate of drug-likeness (QED) is 0.578. The minimum Gasteiger partial charge on any atom is -0.480 e. The summed E-state index contributed by atoms with van der Waals surface area (Å²) in [6, 6.07) is 3.72. The van der Waals surface area contributed by atoms with Crippen LogP contribution in [0, 0.1) is 0 Å². The van der Waals surface area contributed by atoms with Crippen molar-refractivity contribution in [3.63, 3.8) is 0 Å². The number of nitrogens with zero attached hydrogens (tertiary/aromatic N) is 6. The molecule has 32 heavy (non-hydrogen) atoms. The van der Waals surface area contributed by atoms with Crippen molar-refractivity contribution in [1.82, 2.24) is 23.9 Å². The topological polar surface area (TPSA) is 130 Å². The van der Waals surface area contributed by atoms with Gasteiger partial charge in [0, 0.05) is 25.8 Å². The summed E-state index contributed by atoms with van der Waals surface area (Å²) in [5.41, 5.74) is 0. The summed E-state index contributed by atoms with van der Waals surface area (Å²) in [5, 5.41) is 13.6. The van der Waals surface area contributed by atoms with Gasteiger partial charge in [-0.15, -0.1) is 13.2 Å². The molecule has 1 aliphatic heterocycles. The van der Waals surface area contributed by atoms with Crippen LogP contribution in [0.5, 0.6) is 5.75 Å². The summed E-state index contributed by atoms with van der Waals surface area (Å²) < 4.78 is 69.0. The van der Waals surface area contributed by atoms with Crippen molar-refractivity contribution in [3.8, 4) is 5.75 Å². The molecule has 1 fully saturated rings. The first-order valence-corrected chi connectivity index (χ1v) is 10.5. The van der Waals surface area contributed by atoms with Crippen LogP contribution in [0.3, 0.4) is 0 Å². The fourth-order valence-electron chi connectivity index (χ4n) is 3.29. The van der Waals surface area contributed by atoms with Crippen molar-refractivity contribution in [2.75, 3.05) is 24.5 Å². The zero-order valence-electron chi connectivity index (χ0n) is 16.0. The molecule has 170 valence electrons. The molecule has 0 amide bonds. The highest BCUT2D eigenvalue weighted by Crippen LogP contribution is 2.27. The van der Waals surface area contributed by atoms with Gasteiger partial charge in [-0.1, -0.05) is 0 Å². The standard InChI is InChI=1S/C17H15F3N6O5S/c18-17(19,20)31-11-1-3-12(4-2-11)32(29,30)26-8-7-24(9-13(26)15(27)28)14-5-6-25-16(23-14)21-10-22-25/h1-6,10,13H,7-9H2,(H,27,28)/t13-/m1/s1. The average molecular weight is 472 g/mol. The van der Waals surface area contributed by atoms with Crippen LogP contribution in [0.15, 0.2) is 47.8 Å². The van der Waals surface area contributed by atoms with Crippen LogP contribution in [0.4, 0.5) is 19.0 Å². The van der Waals surface area contributed by atoms with Crippen LogP contribution >= 0.6 is 0 Å². The van der Waals surface area contributed by atoms with Crippen LogP contribution in [0.1, 0.15) is 0 Å². The predicted octanol–water partition coefficient (Wildman–Crippen LogP) is 0.987. The van der Waals surface area contributed by atoms with Gasteiger partial charge in [0.1, 0.15) is 23.9 Å². The Morgan fingerprint density at radius 3 is 2.53 bits per heavy atom. The molecule has 1 saturated heterocycles. The number of aromatic nitrogens is 4. The number of hydrogen-bond donors (Lipinski definition) is 1. The van der Waals surface area contributed by atoms with Gasteiger partial charge in [-0.3, -0.25) is 4.79 Å². The van der Waals surface area contributed by atoms with Crippen LogP contribution < -0.4 is 9.64 Å². The Morgan fingerprint density at radius 2 is 1.88 bits per heavy atom. The third-order valence-corrected chi connectivity index (χ3v) is 6.66. The first-order valence-electron chi connectivity index (χ1n) is 9.06. The summed E-state index contributed by atoms with van der Waals surface area (Å²) in [7, 11) is -4.31. The fourth-order valence-corrected chi connectivity index (χ4v) is 4.86. The number of ether oxygens (including phenoxy) is 1. The normalized spacial score (nSPS) is 18.1. The van der Waals surface area contributed by atoms with E-state index in [0.717, 1.165) is 28.6 Å². The van der Waals surface area contributed by atoms with Gasteiger partial charge in [0.15, 0.2) is 0 Å². The Bertz CT molecular complexity index is 1250. The number of carboxylic acid groups (broad SMARTS) is 1. The smallest absolute Gasteiger partial charge is 0.480 e. The molecule has 2 aromatic heterocycles. The monoisotopic (exact) mass is 472 g/mol. The lowest BCUT2D eigenvalue weighted by Crippen LogP contribution is -2.58. The molecule has 15 heteroatoms. The third kappa shape index (κ3) is 4.29. The van der Waals surface area contributed by atoms with Gasteiger partial charge < -0.3 is 14.7 Å². The van der Waals surface area contributed by atoms with Crippen molar-refractivity contribution in [3.05, 3.63) is 42.9 Å². The lowest BCUT2D eigenvalue weighted by Gasteiger charge is -2.38. The van der Waals surface area contributed by atoms with Gasteiger partial charge in [-0.2, -0.15) is 19.4 Å². The maximum atomic E-state index is 13.0. The number of aliphatic carboxylic acids is 1. The summed E-state index contributed by atoms with van der Waals surface area (Å²) in [4.78, 5) is 21.4. The molecule has 1 atom stereocenters. The van der Waals surface area contributed by atoms with Crippen LogP contribution in [-0.4, -0.2) is 75.4 Å². The molecule has 3 heterocycles. The summed E-state index contributed by atoms with van der Waals surface area (Å²) in [5.74, 6) is -1.27. The molecular formula is C17H15F3N6O5S. The zero-order chi connectivity index (χ0) is 23.1. The summed E-state index contributed by atoms with van der Waals surface area (Å²) >= 11 is 0. The van der Waals surface area contributed by atoms with E-state index in [1.807, 2.05) is 0 Å². The Hall–Kier alpha value is -3.46. The van der Waals surface area contributed by atoms with E-state index in [0.29, 0.717) is 11.6 Å². The number of benzene rings is 1. The molecule has 0 aliphatic carbocycles. The lowest BCUT2D eigenvalue weighted by molar-refractivity contribution is -0.274. The largest absolute Gasteiger partial charge is 0.573 e. The maximum absolute atomic E-state index is 13.0. The number of anilines is 1. The molecule has 11 nitrogen and oxygen atoms in total. The first-order chi connectivity index (χ1) is 15.0. The zero-order valence-corrected chi connectivity index (χ0v) is 16.9. The lowest BCUT2D eigenvalue weighted by atomic mass is 10.2. The van der Waals surface area contributed by atoms with Crippen molar-refractivity contribution in [1.29, 1.82) is 0 Å². The molecule has 1 aliphatic rings. The van der Waals surface area contributed by atoms with E-state index in [2.05, 4.69) is 19.8 Å². The second kappa shape index (κ2) is 7.90. The van der Waals surface area contributed by atoms with Gasteiger partial charge in [0.05, 0.1) is 4.90 Å². The molecule has 0 spiro atoms. The van der Waals surface area contributed by atoms with Crippen LogP contribution in [0.2, 0.25) is 0 Å². The van der Waals surface area contributed by atoms with Crippen molar-refractivity contribution >= 4 is 27.6 Å². The molecular weight excluding hydrogens is 457 g/mol. The highest BCUT2D eigenvalue weighted by Gasteiger charge is 2.41. The van der Waals surface area contributed by atoms with Gasteiger partial charge >= 0.3 is 12.3 Å². The number of rotatable bonds is 5. The molecule has 4 rings (SSSR count). The number of sulfonamides is 1. The number of fused-ring (bicyclic) bond motifs is 1. The van der Waals surface area contributed by atoms with Gasteiger partial charge in [0.2, 0.25) is 10.0 Å². The van der Waals surface area contributed by atoms with E-state index in [9.17, 15) is 31.5 Å². The SMILES string of the molecule is O=C(O)[C@H]1CN(c2ccn3ncnc3n2)CCN1S(=O)(=O)c1ccc(OC(F)(F)F)cc1. The second-order valence-electron chi connectivity index (χ2n) is 6.73. The number of alkyl halides is 3. The Morgan fingerprint density at radius 1 is 1.16 bits per heavy atom. The predicted molar refractivity (Wildman–Crippen MR) is 101 cm³/mol. The molecule has 0 bridgehead atoms. The first kappa shape index (κ1) is 21.8. The van der Waals surface area contributed by atoms with E-state index < -0.39 is 34.1 Å². The Labute approximate surface area is 178 Å². The van der Waals surface area contributed by atoms with Crippen LogP contribution in [-0.2, 0) is 14.8 Å². The number of piperazine rings is 1. The molecule has 0 radical (unpaired) electrons. The number of hydrogen-bond acceptors (Lipinski definition) is 8. The fraction of sp³-hybridized carbons (Fsp3) is 0.294. The number of carboxylic acids is 1. The molecule has 1 aromatic carbocycles. The van der Waals surface area contributed by atoms with E-state index in [4.69, 9.17) is 0 Å². The van der Waals surface area contributed by atoms with Gasteiger partial charge in [-0.25, -0.2) is 12.9 Å². The molecule has 0 unspecified atom stereocenters. The van der Waals surface area contributed by atoms with Gasteiger partial charge in [0.25, 0.3) is 5.78 Å². The van der Waals surface area contributed by atoms with Crippen molar-refractivity contribution in [2.24, 2.45) is 0 Å². The Kier molecular flexibility index (Phi) is 5.37. The van der Waals surface area contributed by atoms with E-state index >= 15 is 0 Å². The number of halogens is 3. The highest BCUT2D eigenvalue weighted by molar-refractivity contribution is 7.89. The minimum absolute atomic E-state index is 0.135. The van der Waals surface area contributed by atoms with E-state index in [-0.39, 0.29) is 24.5 Å².